The van der Waals surface area contributed by atoms with Crippen molar-refractivity contribution < 1.29 is 23.8 Å². The number of ether oxygens (including phenoxy) is 2. The highest BCUT2D eigenvalue weighted by atomic mass is 19.1. The maximum atomic E-state index is 15.2. The van der Waals surface area contributed by atoms with Gasteiger partial charge in [0.1, 0.15) is 18.8 Å². The fourth-order valence-electron chi connectivity index (χ4n) is 2.83. The summed E-state index contributed by atoms with van der Waals surface area (Å²) >= 11 is 0. The van der Waals surface area contributed by atoms with Gasteiger partial charge in [-0.05, 0) is 6.92 Å². The van der Waals surface area contributed by atoms with Gasteiger partial charge < -0.3 is 25.6 Å². The average Bonchev–Trinajstić information content (AvgIpc) is 3.05. The minimum atomic E-state index is -2.17. The van der Waals surface area contributed by atoms with E-state index in [-0.39, 0.29) is 18.2 Å². The summed E-state index contributed by atoms with van der Waals surface area (Å²) in [6.07, 6.45) is -2.42. The highest BCUT2D eigenvalue weighted by molar-refractivity contribution is 5.84. The number of nitrogens with two attached hydrogens (primary N) is 1. The number of aliphatic hydroxyl groups excluding tert-OH is 1. The van der Waals surface area contributed by atoms with Gasteiger partial charge in [0, 0.05) is 14.0 Å². The van der Waals surface area contributed by atoms with Crippen molar-refractivity contribution in [2.75, 3.05) is 24.7 Å². The van der Waals surface area contributed by atoms with E-state index in [4.69, 9.17) is 15.2 Å². The Kier molecular flexibility index (Phi) is 4.21. The third-order valence-corrected chi connectivity index (χ3v) is 4.10. The number of nitrogen functional groups attached to an aromatic ring is 1. The molecular weight excluding hydrogens is 335 g/mol. The van der Waals surface area contributed by atoms with Gasteiger partial charge in [0.25, 0.3) is 0 Å². The summed E-state index contributed by atoms with van der Waals surface area (Å²) in [6.45, 7) is 2.15. The molecule has 3 heterocycles. The molecule has 0 amide bonds. The van der Waals surface area contributed by atoms with Crippen LogP contribution in [0.2, 0.25) is 0 Å². The quantitative estimate of drug-likeness (QED) is 0.648. The molecule has 1 aliphatic heterocycles. The van der Waals surface area contributed by atoms with Crippen molar-refractivity contribution >= 4 is 28.9 Å². The number of halogens is 1. The molecule has 2 aromatic heterocycles. The van der Waals surface area contributed by atoms with E-state index in [1.54, 1.807) is 7.05 Å². The first-order chi connectivity index (χ1) is 11.8. The lowest BCUT2D eigenvalue weighted by molar-refractivity contribution is -0.147. The van der Waals surface area contributed by atoms with Crippen LogP contribution in [0.4, 0.5) is 16.2 Å². The summed E-state index contributed by atoms with van der Waals surface area (Å²) in [6, 6.07) is 0. The highest BCUT2D eigenvalue weighted by Gasteiger charge is 2.55. The van der Waals surface area contributed by atoms with Crippen LogP contribution in [0, 0.1) is 0 Å². The summed E-state index contributed by atoms with van der Waals surface area (Å²) in [7, 11) is 1.64. The van der Waals surface area contributed by atoms with Gasteiger partial charge in [0.15, 0.2) is 28.9 Å². The normalized spacial score (nSPS) is 29.1. The van der Waals surface area contributed by atoms with E-state index in [2.05, 4.69) is 20.3 Å². The number of anilines is 2. The van der Waals surface area contributed by atoms with E-state index in [1.165, 1.54) is 24.7 Å². The Hall–Kier alpha value is -2.53. The number of aromatic nitrogens is 4. The number of carbonyl (C=O) groups excluding carboxylic acids is 1. The highest BCUT2D eigenvalue weighted by Crippen LogP contribution is 2.42. The lowest BCUT2D eigenvalue weighted by atomic mass is 9.98. The van der Waals surface area contributed by atoms with E-state index >= 15 is 4.39 Å². The number of hydrogen-bond donors (Lipinski definition) is 3. The molecule has 10 nitrogen and oxygen atoms in total. The molecule has 136 valence electrons. The molecule has 0 bridgehead atoms. The van der Waals surface area contributed by atoms with Crippen molar-refractivity contribution in [1.29, 1.82) is 0 Å². The lowest BCUT2D eigenvalue weighted by Gasteiger charge is -2.24. The first-order valence-electron chi connectivity index (χ1n) is 7.59. The van der Waals surface area contributed by atoms with Gasteiger partial charge in [-0.25, -0.2) is 9.37 Å². The van der Waals surface area contributed by atoms with Gasteiger partial charge in [-0.1, -0.05) is 0 Å². The Morgan fingerprint density at radius 2 is 2.32 bits per heavy atom. The smallest absolute Gasteiger partial charge is 0.302 e. The van der Waals surface area contributed by atoms with E-state index in [9.17, 15) is 9.90 Å². The van der Waals surface area contributed by atoms with Crippen molar-refractivity contribution in [2.45, 2.75) is 38.0 Å². The number of fused-ring (bicyclic) bond motifs is 1. The minimum Gasteiger partial charge on any atom is -0.463 e. The maximum absolute atomic E-state index is 15.2. The molecule has 0 spiro atoms. The summed E-state index contributed by atoms with van der Waals surface area (Å²) in [5.41, 5.74) is 4.16. The number of nitrogens with one attached hydrogen (secondary N) is 1. The zero-order valence-electron chi connectivity index (χ0n) is 13.9. The second-order valence-electron chi connectivity index (χ2n) is 5.93. The Bertz CT molecular complexity index is 810. The van der Waals surface area contributed by atoms with Crippen molar-refractivity contribution in [3.05, 3.63) is 6.33 Å². The Morgan fingerprint density at radius 1 is 1.60 bits per heavy atom. The second-order valence-corrected chi connectivity index (χ2v) is 5.93. The molecule has 0 aliphatic carbocycles. The van der Waals surface area contributed by atoms with Crippen LogP contribution in [0.1, 0.15) is 20.1 Å². The second kappa shape index (κ2) is 6.08. The Balaban J connectivity index is 1.99. The molecule has 0 aromatic carbocycles. The summed E-state index contributed by atoms with van der Waals surface area (Å²) in [4.78, 5) is 23.2. The molecule has 4 atom stereocenters. The Labute approximate surface area is 142 Å². The fourth-order valence-corrected chi connectivity index (χ4v) is 2.83. The monoisotopic (exact) mass is 354 g/mol. The van der Waals surface area contributed by atoms with Crippen LogP contribution in [0.15, 0.2) is 6.33 Å². The molecule has 0 saturated carbocycles. The van der Waals surface area contributed by atoms with E-state index in [1.807, 2.05) is 0 Å². The molecule has 3 rings (SSSR count). The predicted octanol–water partition coefficient (Wildman–Crippen LogP) is -0.000200. The molecule has 1 saturated heterocycles. The molecular formula is C14H19FN6O4. The van der Waals surface area contributed by atoms with Crippen LogP contribution in [0.25, 0.3) is 11.2 Å². The SMILES string of the molecule is CNc1nc(N)nc2c1ncn2[C@@H]1O[C@H](COC(C)=O)[C@@H](O)[C@@]1(C)F. The van der Waals surface area contributed by atoms with Crippen LogP contribution in [0.3, 0.4) is 0 Å². The summed E-state index contributed by atoms with van der Waals surface area (Å²) in [5, 5.41) is 13.1. The van der Waals surface area contributed by atoms with E-state index in [0.717, 1.165) is 0 Å². The standard InChI is InChI=1S/C14H19FN6O4/c1-6(22)24-4-7-9(23)14(2,15)12(25-7)21-5-18-8-10(17-3)19-13(16)20-11(8)21/h5,7,9,12,23H,4H2,1-3H3,(H3,16,17,19,20)/t7-,9-,12-,14-/m1/s1. The summed E-state index contributed by atoms with van der Waals surface area (Å²) < 4.78 is 26.9. The number of rotatable bonds is 4. The number of alkyl halides is 1. The number of aliphatic hydroxyl groups is 1. The fraction of sp³-hybridized carbons (Fsp3) is 0.571. The van der Waals surface area contributed by atoms with Crippen LogP contribution in [0.5, 0.6) is 0 Å². The van der Waals surface area contributed by atoms with Crippen LogP contribution < -0.4 is 11.1 Å². The zero-order chi connectivity index (χ0) is 18.4. The number of imidazole rings is 1. The number of esters is 1. The van der Waals surface area contributed by atoms with Gasteiger partial charge in [-0.2, -0.15) is 9.97 Å². The first-order valence-corrected chi connectivity index (χ1v) is 7.59. The molecule has 11 heteroatoms. The van der Waals surface area contributed by atoms with Crippen LogP contribution in [-0.2, 0) is 14.3 Å². The summed E-state index contributed by atoms with van der Waals surface area (Å²) in [5.74, 6) is -0.182. The van der Waals surface area contributed by atoms with Gasteiger partial charge in [0.05, 0.1) is 6.33 Å². The van der Waals surface area contributed by atoms with Crippen LogP contribution >= 0.6 is 0 Å². The average molecular weight is 354 g/mol. The van der Waals surface area contributed by atoms with Gasteiger partial charge in [-0.3, -0.25) is 9.36 Å². The molecule has 1 aliphatic rings. The third kappa shape index (κ3) is 2.85. The van der Waals surface area contributed by atoms with Crippen LogP contribution in [-0.4, -0.2) is 62.1 Å². The number of hydrogen-bond acceptors (Lipinski definition) is 9. The number of carbonyl (C=O) groups is 1. The molecule has 0 radical (unpaired) electrons. The molecule has 4 N–H and O–H groups in total. The molecule has 25 heavy (non-hydrogen) atoms. The third-order valence-electron chi connectivity index (χ3n) is 4.10. The van der Waals surface area contributed by atoms with Gasteiger partial charge in [-0.15, -0.1) is 0 Å². The Morgan fingerprint density at radius 3 is 2.96 bits per heavy atom. The zero-order valence-corrected chi connectivity index (χ0v) is 13.9. The van der Waals surface area contributed by atoms with Crippen molar-refractivity contribution in [1.82, 2.24) is 19.5 Å². The first kappa shape index (κ1) is 17.3. The molecule has 1 fully saturated rings. The van der Waals surface area contributed by atoms with Crippen molar-refractivity contribution in [3.8, 4) is 0 Å². The molecule has 0 unspecified atom stereocenters. The van der Waals surface area contributed by atoms with Gasteiger partial charge in [0.2, 0.25) is 5.95 Å². The van der Waals surface area contributed by atoms with E-state index < -0.39 is 30.1 Å². The van der Waals surface area contributed by atoms with Crippen molar-refractivity contribution in [3.63, 3.8) is 0 Å². The lowest BCUT2D eigenvalue weighted by Crippen LogP contribution is -2.41. The van der Waals surface area contributed by atoms with E-state index in [0.29, 0.717) is 11.3 Å². The topological polar surface area (TPSA) is 137 Å². The molecule has 2 aromatic rings. The number of nitrogens with zero attached hydrogens (tertiary/aromatic N) is 4. The van der Waals surface area contributed by atoms with Gasteiger partial charge >= 0.3 is 5.97 Å². The predicted molar refractivity (Wildman–Crippen MR) is 85.3 cm³/mol. The van der Waals surface area contributed by atoms with Crippen molar-refractivity contribution in [2.24, 2.45) is 0 Å². The minimum absolute atomic E-state index is 0.0193. The maximum Gasteiger partial charge on any atom is 0.302 e. The largest absolute Gasteiger partial charge is 0.463 e.